The Kier molecular flexibility index (Phi) is 12.1. The van der Waals surface area contributed by atoms with Crippen LogP contribution < -0.4 is 9.47 Å². The Balaban J connectivity index is 1.38. The summed E-state index contributed by atoms with van der Waals surface area (Å²) < 4.78 is 11.5. The van der Waals surface area contributed by atoms with Crippen LogP contribution in [0.1, 0.15) is 70.3 Å². The van der Waals surface area contributed by atoms with Crippen LogP contribution in [-0.4, -0.2) is 19.0 Å². The molecule has 0 radical (unpaired) electrons. The average molecular weight is 431 g/mol. The van der Waals surface area contributed by atoms with Crippen molar-refractivity contribution in [1.29, 1.82) is 0 Å². The Morgan fingerprint density at radius 2 is 1.13 bits per heavy atom. The summed E-state index contributed by atoms with van der Waals surface area (Å²) in [6, 6.07) is 15.7. The molecule has 0 heterocycles. The van der Waals surface area contributed by atoms with Gasteiger partial charge in [-0.2, -0.15) is 0 Å². The number of unbranched alkanes of at least 4 members (excludes halogenated alkanes) is 7. The van der Waals surface area contributed by atoms with E-state index in [0.29, 0.717) is 6.42 Å². The van der Waals surface area contributed by atoms with Crippen LogP contribution in [0.15, 0.2) is 48.5 Å². The van der Waals surface area contributed by atoms with Gasteiger partial charge in [0.05, 0.1) is 13.2 Å². The van der Waals surface area contributed by atoms with E-state index in [0.717, 1.165) is 49.0 Å². The first kappa shape index (κ1) is 24.3. The summed E-state index contributed by atoms with van der Waals surface area (Å²) >= 11 is 5.86. The van der Waals surface area contributed by atoms with Gasteiger partial charge in [-0.1, -0.05) is 62.3 Å². The molecule has 0 aliphatic heterocycles. The molecule has 0 aromatic heterocycles. The summed E-state index contributed by atoms with van der Waals surface area (Å²) in [6.07, 6.45) is 11.2. The molecule has 4 heteroatoms. The number of hydrogen-bond donors (Lipinski definition) is 0. The largest absolute Gasteiger partial charge is 0.494 e. The van der Waals surface area contributed by atoms with Gasteiger partial charge in [-0.3, -0.25) is 0 Å². The quantitative estimate of drug-likeness (QED) is 0.259. The van der Waals surface area contributed by atoms with Crippen molar-refractivity contribution in [2.45, 2.75) is 71.1 Å². The number of hydrogen-bond acceptors (Lipinski definition) is 3. The van der Waals surface area contributed by atoms with Gasteiger partial charge in [0.15, 0.2) is 0 Å². The van der Waals surface area contributed by atoms with Gasteiger partial charge in [0, 0.05) is 11.4 Å². The van der Waals surface area contributed by atoms with Crippen LogP contribution >= 0.6 is 11.6 Å². The number of rotatable bonds is 16. The maximum Gasteiger partial charge on any atom is 0.130 e. The topological polar surface area (TPSA) is 35.5 Å². The van der Waals surface area contributed by atoms with Gasteiger partial charge < -0.3 is 14.3 Å². The van der Waals surface area contributed by atoms with E-state index in [1.165, 1.54) is 44.1 Å². The number of aryl methyl sites for hydroxylation is 1. The lowest BCUT2D eigenvalue weighted by molar-refractivity contribution is -0.116. The molecule has 2 aromatic carbocycles. The first-order valence-electron chi connectivity index (χ1n) is 11.2. The number of Topliss-reactive ketones (excluding diaryl/α,β-unsaturated/α-hetero) is 1. The minimum absolute atomic E-state index is 0.235. The molecule has 0 unspecified atom stereocenters. The second kappa shape index (κ2) is 14.9. The van der Waals surface area contributed by atoms with E-state index in [4.69, 9.17) is 21.1 Å². The molecule has 2 aromatic rings. The molecule has 0 saturated carbocycles. The van der Waals surface area contributed by atoms with E-state index in [1.54, 1.807) is 6.92 Å². The highest BCUT2D eigenvalue weighted by molar-refractivity contribution is 6.30. The predicted octanol–water partition coefficient (Wildman–Crippen LogP) is 7.44. The van der Waals surface area contributed by atoms with Crippen LogP contribution in [0.2, 0.25) is 5.02 Å². The molecule has 30 heavy (non-hydrogen) atoms. The third kappa shape index (κ3) is 11.3. The molecular weight excluding hydrogens is 396 g/mol. The second-order valence-electron chi connectivity index (χ2n) is 7.83. The fourth-order valence-corrected chi connectivity index (χ4v) is 3.37. The van der Waals surface area contributed by atoms with Gasteiger partial charge in [-0.15, -0.1) is 0 Å². The van der Waals surface area contributed by atoms with Crippen molar-refractivity contribution in [2.75, 3.05) is 13.2 Å². The summed E-state index contributed by atoms with van der Waals surface area (Å²) in [5, 5.41) is 0.741. The fraction of sp³-hybridized carbons (Fsp3) is 0.500. The monoisotopic (exact) mass is 430 g/mol. The van der Waals surface area contributed by atoms with Crippen molar-refractivity contribution < 1.29 is 14.3 Å². The second-order valence-corrected chi connectivity index (χ2v) is 8.26. The highest BCUT2D eigenvalue weighted by Gasteiger charge is 1.99. The zero-order valence-electron chi connectivity index (χ0n) is 18.2. The molecule has 2 rings (SSSR count). The van der Waals surface area contributed by atoms with Crippen LogP contribution in [0.5, 0.6) is 11.5 Å². The van der Waals surface area contributed by atoms with Crippen LogP contribution in [0.4, 0.5) is 0 Å². The zero-order chi connectivity index (χ0) is 21.4. The predicted molar refractivity (Wildman–Crippen MR) is 125 cm³/mol. The lowest BCUT2D eigenvalue weighted by Crippen LogP contribution is -1.98. The minimum Gasteiger partial charge on any atom is -0.494 e. The van der Waals surface area contributed by atoms with E-state index >= 15 is 0 Å². The molecule has 0 aliphatic carbocycles. The summed E-state index contributed by atoms with van der Waals surface area (Å²) in [5.41, 5.74) is 1.19. The Morgan fingerprint density at radius 3 is 1.60 bits per heavy atom. The van der Waals surface area contributed by atoms with E-state index in [-0.39, 0.29) is 5.78 Å². The van der Waals surface area contributed by atoms with Crippen molar-refractivity contribution in [3.8, 4) is 11.5 Å². The lowest BCUT2D eigenvalue weighted by Gasteiger charge is -2.07. The summed E-state index contributed by atoms with van der Waals surface area (Å²) in [7, 11) is 0. The molecule has 0 saturated heterocycles. The van der Waals surface area contributed by atoms with E-state index < -0.39 is 0 Å². The normalized spacial score (nSPS) is 10.7. The van der Waals surface area contributed by atoms with Gasteiger partial charge in [0.1, 0.15) is 17.3 Å². The minimum atomic E-state index is 0.235. The third-order valence-corrected chi connectivity index (χ3v) is 5.33. The molecule has 0 aliphatic rings. The third-order valence-electron chi connectivity index (χ3n) is 5.08. The van der Waals surface area contributed by atoms with Crippen molar-refractivity contribution in [1.82, 2.24) is 0 Å². The SMILES string of the molecule is CC(=O)CCc1ccc(OCCCCCCCCCCOc2ccc(Cl)cc2)cc1. The molecule has 0 bridgehead atoms. The Labute approximate surface area is 186 Å². The van der Waals surface area contributed by atoms with Gasteiger partial charge in [-0.25, -0.2) is 0 Å². The first-order chi connectivity index (χ1) is 14.6. The van der Waals surface area contributed by atoms with Crippen molar-refractivity contribution in [2.24, 2.45) is 0 Å². The molecule has 0 spiro atoms. The maximum absolute atomic E-state index is 11.0. The Bertz CT molecular complexity index is 710. The number of carbonyl (C=O) groups excluding carboxylic acids is 1. The summed E-state index contributed by atoms with van der Waals surface area (Å²) in [5.74, 6) is 2.05. The number of ether oxygens (including phenoxy) is 2. The highest BCUT2D eigenvalue weighted by atomic mass is 35.5. The molecule has 0 fully saturated rings. The van der Waals surface area contributed by atoms with E-state index in [9.17, 15) is 4.79 Å². The summed E-state index contributed by atoms with van der Waals surface area (Å²) in [4.78, 5) is 11.0. The Morgan fingerprint density at radius 1 is 0.700 bits per heavy atom. The van der Waals surface area contributed by atoms with Crippen molar-refractivity contribution in [3.63, 3.8) is 0 Å². The summed E-state index contributed by atoms with van der Waals surface area (Å²) in [6.45, 7) is 3.18. The van der Waals surface area contributed by atoms with Gasteiger partial charge >= 0.3 is 0 Å². The maximum atomic E-state index is 11.0. The Hall–Kier alpha value is -2.00. The standard InChI is InChI=1S/C26H35ClO3/c1-22(28)10-11-23-12-16-25(17-13-23)29-20-8-6-4-2-3-5-7-9-21-30-26-18-14-24(27)15-19-26/h12-19H,2-11,20-21H2,1H3. The number of carbonyl (C=O) groups is 1. The molecule has 0 amide bonds. The van der Waals surface area contributed by atoms with Crippen LogP contribution in [-0.2, 0) is 11.2 Å². The molecule has 164 valence electrons. The van der Waals surface area contributed by atoms with Crippen LogP contribution in [0.3, 0.4) is 0 Å². The number of halogens is 1. The van der Waals surface area contributed by atoms with Crippen LogP contribution in [0, 0.1) is 0 Å². The van der Waals surface area contributed by atoms with E-state index in [2.05, 4.69) is 12.1 Å². The highest BCUT2D eigenvalue weighted by Crippen LogP contribution is 2.17. The number of ketones is 1. The van der Waals surface area contributed by atoms with Crippen molar-refractivity contribution in [3.05, 3.63) is 59.1 Å². The zero-order valence-corrected chi connectivity index (χ0v) is 19.0. The van der Waals surface area contributed by atoms with Crippen LogP contribution in [0.25, 0.3) is 0 Å². The van der Waals surface area contributed by atoms with E-state index in [1.807, 2.05) is 36.4 Å². The molecule has 0 atom stereocenters. The smallest absolute Gasteiger partial charge is 0.130 e. The van der Waals surface area contributed by atoms with Gasteiger partial charge in [0.2, 0.25) is 0 Å². The molecule has 3 nitrogen and oxygen atoms in total. The molecular formula is C26H35ClO3. The van der Waals surface area contributed by atoms with Gasteiger partial charge in [0.25, 0.3) is 0 Å². The first-order valence-corrected chi connectivity index (χ1v) is 11.6. The number of benzene rings is 2. The lowest BCUT2D eigenvalue weighted by atomic mass is 10.1. The molecule has 0 N–H and O–H groups in total. The van der Waals surface area contributed by atoms with Gasteiger partial charge in [-0.05, 0) is 68.1 Å². The fourth-order valence-electron chi connectivity index (χ4n) is 3.25. The average Bonchev–Trinajstić information content (AvgIpc) is 2.75. The van der Waals surface area contributed by atoms with Crippen molar-refractivity contribution >= 4 is 17.4 Å².